The molecule has 0 aromatic heterocycles. The fraction of sp³-hybridized carbons (Fsp3) is 0.364. The molecular weight excluding hydrogens is 200 g/mol. The van der Waals surface area contributed by atoms with Crippen molar-refractivity contribution >= 4 is 17.6 Å². The number of carboxylic acids is 1. The zero-order valence-corrected chi connectivity index (χ0v) is 9.01. The third-order valence-corrected chi connectivity index (χ3v) is 2.88. The van der Waals surface area contributed by atoms with E-state index in [1.54, 1.807) is 31.2 Å². The van der Waals surface area contributed by atoms with E-state index in [2.05, 4.69) is 0 Å². The van der Waals surface area contributed by atoms with Gasteiger partial charge in [-0.2, -0.15) is 0 Å². The van der Waals surface area contributed by atoms with Gasteiger partial charge in [-0.05, 0) is 31.0 Å². The number of aliphatic carboxylic acids is 1. The molecule has 76 valence electrons. The maximum atomic E-state index is 11.1. The Morgan fingerprint density at radius 2 is 2.21 bits per heavy atom. The summed E-state index contributed by atoms with van der Waals surface area (Å²) < 4.78 is 0. The summed E-state index contributed by atoms with van der Waals surface area (Å²) in [5.74, 6) is -0.817. The zero-order valence-electron chi connectivity index (χ0n) is 8.25. The number of rotatable bonds is 3. The fourth-order valence-corrected chi connectivity index (χ4v) is 1.50. The largest absolute Gasteiger partial charge is 0.481 e. The summed E-state index contributed by atoms with van der Waals surface area (Å²) in [6.07, 6.45) is 0.544. The van der Waals surface area contributed by atoms with Gasteiger partial charge >= 0.3 is 5.97 Å². The predicted octanol–water partition coefficient (Wildman–Crippen LogP) is 3.09. The summed E-state index contributed by atoms with van der Waals surface area (Å²) >= 11 is 5.82. The van der Waals surface area contributed by atoms with E-state index in [0.717, 1.165) is 5.56 Å². The van der Waals surface area contributed by atoms with E-state index in [9.17, 15) is 4.79 Å². The van der Waals surface area contributed by atoms with Crippen LogP contribution in [0.5, 0.6) is 0 Å². The Morgan fingerprint density at radius 1 is 1.57 bits per heavy atom. The van der Waals surface area contributed by atoms with E-state index in [1.165, 1.54) is 0 Å². The van der Waals surface area contributed by atoms with Crippen molar-refractivity contribution in [3.63, 3.8) is 0 Å². The first-order valence-corrected chi connectivity index (χ1v) is 4.88. The molecule has 0 radical (unpaired) electrons. The molecule has 0 spiro atoms. The number of carboxylic acid groups (broad SMARTS) is 1. The standard InChI is InChI=1S/C11H13ClO2/c1-3-11(2,10(13)14)8-5-4-6-9(12)7-8/h4-7H,3H2,1-2H3,(H,13,14). The van der Waals surface area contributed by atoms with Gasteiger partial charge in [-0.3, -0.25) is 4.79 Å². The summed E-state index contributed by atoms with van der Waals surface area (Å²) in [6, 6.07) is 7.01. The molecule has 0 bridgehead atoms. The van der Waals surface area contributed by atoms with E-state index in [0.29, 0.717) is 11.4 Å². The van der Waals surface area contributed by atoms with Gasteiger partial charge < -0.3 is 5.11 Å². The van der Waals surface area contributed by atoms with Crippen molar-refractivity contribution in [3.05, 3.63) is 34.9 Å². The monoisotopic (exact) mass is 212 g/mol. The van der Waals surface area contributed by atoms with Gasteiger partial charge in [0.15, 0.2) is 0 Å². The van der Waals surface area contributed by atoms with Crippen molar-refractivity contribution in [1.29, 1.82) is 0 Å². The van der Waals surface area contributed by atoms with Crippen LogP contribution in [0.4, 0.5) is 0 Å². The normalized spacial score (nSPS) is 14.8. The average molecular weight is 213 g/mol. The first-order chi connectivity index (χ1) is 6.50. The van der Waals surface area contributed by atoms with Crippen molar-refractivity contribution in [2.24, 2.45) is 0 Å². The van der Waals surface area contributed by atoms with Gasteiger partial charge in [-0.1, -0.05) is 30.7 Å². The third kappa shape index (κ3) is 1.90. The van der Waals surface area contributed by atoms with Crippen LogP contribution in [0.3, 0.4) is 0 Å². The van der Waals surface area contributed by atoms with Gasteiger partial charge in [0.2, 0.25) is 0 Å². The summed E-state index contributed by atoms with van der Waals surface area (Å²) in [6.45, 7) is 3.57. The molecule has 0 saturated carbocycles. The molecule has 0 aliphatic carbocycles. The van der Waals surface area contributed by atoms with Crippen LogP contribution in [0, 0.1) is 0 Å². The molecule has 0 saturated heterocycles. The van der Waals surface area contributed by atoms with E-state index < -0.39 is 11.4 Å². The Balaban J connectivity index is 3.19. The van der Waals surface area contributed by atoms with Crippen LogP contribution in [0.15, 0.2) is 24.3 Å². The molecule has 1 aromatic carbocycles. The minimum absolute atomic E-state index is 0.544. The molecule has 1 unspecified atom stereocenters. The number of halogens is 1. The Kier molecular flexibility index (Phi) is 3.17. The maximum absolute atomic E-state index is 11.1. The Morgan fingerprint density at radius 3 is 2.64 bits per heavy atom. The van der Waals surface area contributed by atoms with Crippen LogP contribution >= 0.6 is 11.6 Å². The molecule has 2 nitrogen and oxygen atoms in total. The van der Waals surface area contributed by atoms with E-state index >= 15 is 0 Å². The van der Waals surface area contributed by atoms with Crippen molar-refractivity contribution in [2.45, 2.75) is 25.7 Å². The molecule has 1 atom stereocenters. The summed E-state index contributed by atoms with van der Waals surface area (Å²) in [4.78, 5) is 11.1. The molecule has 0 fully saturated rings. The second kappa shape index (κ2) is 4.01. The number of hydrogen-bond acceptors (Lipinski definition) is 1. The SMILES string of the molecule is CCC(C)(C(=O)O)c1cccc(Cl)c1. The van der Waals surface area contributed by atoms with Gasteiger partial charge in [0.1, 0.15) is 0 Å². The van der Waals surface area contributed by atoms with Crippen molar-refractivity contribution < 1.29 is 9.90 Å². The molecule has 1 N–H and O–H groups in total. The highest BCUT2D eigenvalue weighted by molar-refractivity contribution is 6.30. The molecule has 0 aliphatic heterocycles. The summed E-state index contributed by atoms with van der Waals surface area (Å²) in [5, 5.41) is 9.71. The molecule has 0 heterocycles. The van der Waals surface area contributed by atoms with Crippen LogP contribution in [0.2, 0.25) is 5.02 Å². The average Bonchev–Trinajstić information content (AvgIpc) is 2.16. The van der Waals surface area contributed by atoms with Gasteiger partial charge in [0.05, 0.1) is 5.41 Å². The van der Waals surface area contributed by atoms with Crippen LogP contribution in [0.1, 0.15) is 25.8 Å². The Bertz CT molecular complexity index is 349. The van der Waals surface area contributed by atoms with Crippen molar-refractivity contribution in [2.75, 3.05) is 0 Å². The second-order valence-electron chi connectivity index (χ2n) is 3.50. The van der Waals surface area contributed by atoms with E-state index in [1.807, 2.05) is 6.92 Å². The van der Waals surface area contributed by atoms with Crippen LogP contribution < -0.4 is 0 Å². The predicted molar refractivity (Wildman–Crippen MR) is 56.7 cm³/mol. The quantitative estimate of drug-likeness (QED) is 0.836. The summed E-state index contributed by atoms with van der Waals surface area (Å²) in [7, 11) is 0. The highest BCUT2D eigenvalue weighted by Gasteiger charge is 2.33. The van der Waals surface area contributed by atoms with E-state index in [-0.39, 0.29) is 0 Å². The van der Waals surface area contributed by atoms with Crippen LogP contribution in [0.25, 0.3) is 0 Å². The van der Waals surface area contributed by atoms with Crippen LogP contribution in [-0.2, 0) is 10.2 Å². The molecule has 1 aromatic rings. The van der Waals surface area contributed by atoms with E-state index in [4.69, 9.17) is 16.7 Å². The lowest BCUT2D eigenvalue weighted by atomic mass is 9.80. The smallest absolute Gasteiger partial charge is 0.313 e. The van der Waals surface area contributed by atoms with Gasteiger partial charge in [0, 0.05) is 5.02 Å². The molecule has 3 heteroatoms. The lowest BCUT2D eigenvalue weighted by Gasteiger charge is -2.23. The fourth-order valence-electron chi connectivity index (χ4n) is 1.31. The second-order valence-corrected chi connectivity index (χ2v) is 3.94. The Hall–Kier alpha value is -1.02. The van der Waals surface area contributed by atoms with Crippen LogP contribution in [-0.4, -0.2) is 11.1 Å². The highest BCUT2D eigenvalue weighted by Crippen LogP contribution is 2.29. The van der Waals surface area contributed by atoms with Crippen molar-refractivity contribution in [3.8, 4) is 0 Å². The first kappa shape index (κ1) is 11.1. The molecular formula is C11H13ClO2. The first-order valence-electron chi connectivity index (χ1n) is 4.50. The molecule has 0 amide bonds. The zero-order chi connectivity index (χ0) is 10.8. The minimum atomic E-state index is -0.842. The lowest BCUT2D eigenvalue weighted by molar-refractivity contribution is -0.143. The van der Waals surface area contributed by atoms with Gasteiger partial charge in [0.25, 0.3) is 0 Å². The number of benzene rings is 1. The molecule has 14 heavy (non-hydrogen) atoms. The highest BCUT2D eigenvalue weighted by atomic mass is 35.5. The summed E-state index contributed by atoms with van der Waals surface area (Å²) in [5.41, 5.74) is -0.0924. The van der Waals surface area contributed by atoms with Gasteiger partial charge in [-0.15, -0.1) is 0 Å². The van der Waals surface area contributed by atoms with Gasteiger partial charge in [-0.25, -0.2) is 0 Å². The lowest BCUT2D eigenvalue weighted by Crippen LogP contribution is -2.31. The number of carbonyl (C=O) groups is 1. The van der Waals surface area contributed by atoms with Crippen molar-refractivity contribution in [1.82, 2.24) is 0 Å². The maximum Gasteiger partial charge on any atom is 0.313 e. The minimum Gasteiger partial charge on any atom is -0.481 e. The Labute approximate surface area is 88.5 Å². The molecule has 0 aliphatic rings. The third-order valence-electron chi connectivity index (χ3n) is 2.64. The topological polar surface area (TPSA) is 37.3 Å². The number of hydrogen-bond donors (Lipinski definition) is 1. The molecule has 1 rings (SSSR count).